The van der Waals surface area contributed by atoms with Gasteiger partial charge in [0, 0.05) is 22.0 Å². The summed E-state index contributed by atoms with van der Waals surface area (Å²) >= 11 is 0. The van der Waals surface area contributed by atoms with Crippen LogP contribution in [0.15, 0.2) is 82.6 Å². The maximum absolute atomic E-state index is 10.5. The Morgan fingerprint density at radius 3 is 1.86 bits per heavy atom. The van der Waals surface area contributed by atoms with Crippen LogP contribution in [-0.2, 0) is 21.0 Å². The van der Waals surface area contributed by atoms with Gasteiger partial charge in [-0.25, -0.2) is 0 Å². The zero-order valence-corrected chi connectivity index (χ0v) is 18.2. The molecule has 3 rings (SSSR count). The van der Waals surface area contributed by atoms with Gasteiger partial charge in [-0.2, -0.15) is 8.42 Å². The smallest absolute Gasteiger partial charge is 0.294 e. The summed E-state index contributed by atoms with van der Waals surface area (Å²) in [4.78, 5) is 1.28. The second-order valence-corrected chi connectivity index (χ2v) is 10.0. The van der Waals surface area contributed by atoms with E-state index in [1.807, 2.05) is 37.3 Å². The van der Waals surface area contributed by atoms with E-state index in [1.54, 1.807) is 18.2 Å². The summed E-state index contributed by atoms with van der Waals surface area (Å²) in [6.45, 7) is 1.84. The summed E-state index contributed by atoms with van der Waals surface area (Å²) in [6, 6.07) is 21.7. The van der Waals surface area contributed by atoms with E-state index in [0.717, 1.165) is 11.1 Å². The van der Waals surface area contributed by atoms with Crippen LogP contribution < -0.4 is 0 Å². The second-order valence-electron chi connectivity index (χ2n) is 6.53. The molecular weight excluding hydrogens is 404 g/mol. The van der Waals surface area contributed by atoms with Crippen LogP contribution in [0.4, 0.5) is 0 Å². The molecule has 0 fully saturated rings. The average molecular weight is 430 g/mol. The predicted octanol–water partition coefficient (Wildman–Crippen LogP) is 5.04. The number of phenols is 1. The van der Waals surface area contributed by atoms with Gasteiger partial charge in [0.15, 0.2) is 4.90 Å². The van der Waals surface area contributed by atoms with Gasteiger partial charge in [0.05, 0.1) is 4.90 Å². The van der Waals surface area contributed by atoms with Crippen LogP contribution >= 0.6 is 0 Å². The lowest BCUT2D eigenvalue weighted by atomic mass is 10.1. The molecule has 0 aromatic heterocycles. The zero-order chi connectivity index (χ0) is 21.4. The van der Waals surface area contributed by atoms with E-state index in [-0.39, 0.29) is 15.8 Å². The molecule has 0 unspecified atom stereocenters. The van der Waals surface area contributed by atoms with E-state index in [9.17, 15) is 13.5 Å². The van der Waals surface area contributed by atoms with E-state index in [1.165, 1.54) is 22.6 Å². The lowest BCUT2D eigenvalue weighted by Gasteiger charge is -2.02. The highest BCUT2D eigenvalue weighted by Gasteiger charge is 2.11. The molecule has 3 aromatic rings. The Hall–Kier alpha value is -2.54. The first-order valence-corrected chi connectivity index (χ1v) is 12.3. The van der Waals surface area contributed by atoms with Crippen molar-refractivity contribution < 1.29 is 18.1 Å². The second kappa shape index (κ2) is 10.3. The van der Waals surface area contributed by atoms with Crippen LogP contribution in [0.3, 0.4) is 0 Å². The number of hydrogen-bond acceptors (Lipinski definition) is 3. The topological polar surface area (TPSA) is 74.6 Å². The maximum atomic E-state index is 10.5. The monoisotopic (exact) mass is 429 g/mol. The normalized spacial score (nSPS) is 11.3. The largest absolute Gasteiger partial charge is 0.507 e. The Labute approximate surface area is 175 Å². The van der Waals surface area contributed by atoms with Crippen molar-refractivity contribution in [3.8, 4) is 5.75 Å². The van der Waals surface area contributed by atoms with E-state index in [0.29, 0.717) is 5.75 Å². The summed E-state index contributed by atoms with van der Waals surface area (Å²) in [5.41, 5.74) is 3.02. The number of para-hydroxylation sites is 1. The molecule has 0 aliphatic carbocycles. The van der Waals surface area contributed by atoms with Gasteiger partial charge < -0.3 is 5.11 Å². The third-order valence-electron chi connectivity index (χ3n) is 4.06. The first-order chi connectivity index (χ1) is 13.7. The van der Waals surface area contributed by atoms with Crippen molar-refractivity contribution in [2.45, 2.75) is 16.7 Å². The molecule has 2 N–H and O–H groups in total. The Morgan fingerprint density at radius 1 is 0.793 bits per heavy atom. The summed E-state index contributed by atoms with van der Waals surface area (Å²) in [7, 11) is -3.79. The summed E-state index contributed by atoms with van der Waals surface area (Å²) < 4.78 is 29.6. The Morgan fingerprint density at radius 2 is 1.31 bits per heavy atom. The van der Waals surface area contributed by atoms with Crippen LogP contribution in [0.1, 0.15) is 16.7 Å². The predicted molar refractivity (Wildman–Crippen MR) is 122 cm³/mol. The van der Waals surface area contributed by atoms with Gasteiger partial charge in [0.2, 0.25) is 0 Å². The highest BCUT2D eigenvalue weighted by Crippen LogP contribution is 2.21. The van der Waals surface area contributed by atoms with Crippen molar-refractivity contribution in [3.63, 3.8) is 0 Å². The molecule has 0 amide bonds. The summed E-state index contributed by atoms with van der Waals surface area (Å²) in [6.07, 6.45) is 8.46. The van der Waals surface area contributed by atoms with Crippen molar-refractivity contribution in [3.05, 3.63) is 89.5 Å². The van der Waals surface area contributed by atoms with Gasteiger partial charge in [0.1, 0.15) is 18.3 Å². The Balaban J connectivity index is 0.000000234. The van der Waals surface area contributed by atoms with Crippen molar-refractivity contribution >= 4 is 33.2 Å². The minimum atomic E-state index is -4.02. The fraction of sp³-hybridized carbons (Fsp3) is 0.130. The van der Waals surface area contributed by atoms with Crippen LogP contribution in [0.5, 0.6) is 5.75 Å². The number of hydrogen-bond donors (Lipinski definition) is 2. The van der Waals surface area contributed by atoms with Crippen LogP contribution in [-0.4, -0.2) is 30.6 Å². The summed E-state index contributed by atoms with van der Waals surface area (Å²) in [5, 5.41) is 9.72. The highest BCUT2D eigenvalue weighted by atomic mass is 32.2. The number of aromatic hydroxyl groups is 1. The average Bonchev–Trinajstić information content (AvgIpc) is 2.68. The Kier molecular flexibility index (Phi) is 8.08. The van der Waals surface area contributed by atoms with Gasteiger partial charge in [-0.05, 0) is 43.3 Å². The van der Waals surface area contributed by atoms with E-state index in [4.69, 9.17) is 4.55 Å². The van der Waals surface area contributed by atoms with Crippen molar-refractivity contribution in [2.24, 2.45) is 0 Å². The molecule has 0 saturated heterocycles. The Bertz CT molecular complexity index is 1070. The third-order valence-corrected chi connectivity index (χ3v) is 6.18. The molecule has 0 radical (unpaired) electrons. The van der Waals surface area contributed by atoms with Crippen LogP contribution in [0.2, 0.25) is 0 Å². The molecule has 0 bridgehead atoms. The molecule has 0 aliphatic rings. The van der Waals surface area contributed by atoms with Gasteiger partial charge in [0.25, 0.3) is 10.1 Å². The van der Waals surface area contributed by atoms with Gasteiger partial charge in [-0.15, -0.1) is 0 Å². The highest BCUT2D eigenvalue weighted by molar-refractivity contribution is 7.95. The molecule has 6 heteroatoms. The number of benzene rings is 3. The molecule has 4 nitrogen and oxygen atoms in total. The first-order valence-electron chi connectivity index (χ1n) is 8.85. The van der Waals surface area contributed by atoms with Crippen molar-refractivity contribution in [2.75, 3.05) is 12.5 Å². The van der Waals surface area contributed by atoms with E-state index < -0.39 is 10.1 Å². The van der Waals surface area contributed by atoms with E-state index >= 15 is 0 Å². The zero-order valence-electron chi connectivity index (χ0n) is 16.6. The lowest BCUT2D eigenvalue weighted by Crippen LogP contribution is -1.97. The van der Waals surface area contributed by atoms with Crippen molar-refractivity contribution in [1.82, 2.24) is 0 Å². The van der Waals surface area contributed by atoms with Crippen molar-refractivity contribution in [1.29, 1.82) is 0 Å². The minimum Gasteiger partial charge on any atom is -0.507 e. The van der Waals surface area contributed by atoms with Gasteiger partial charge in [-0.1, -0.05) is 54.1 Å². The number of rotatable bonds is 4. The molecule has 29 heavy (non-hydrogen) atoms. The number of phenolic OH excluding ortho intramolecular Hbond substituents is 1. The lowest BCUT2D eigenvalue weighted by molar-refractivity contribution is 0.474. The molecule has 0 spiro atoms. The first kappa shape index (κ1) is 22.7. The van der Waals surface area contributed by atoms with Gasteiger partial charge in [-0.3, -0.25) is 4.55 Å². The number of aryl methyl sites for hydroxylation is 1. The third kappa shape index (κ3) is 7.09. The quantitative estimate of drug-likeness (QED) is 0.346. The van der Waals surface area contributed by atoms with Gasteiger partial charge >= 0.3 is 0 Å². The van der Waals surface area contributed by atoms with E-state index in [2.05, 4.69) is 36.8 Å². The van der Waals surface area contributed by atoms with Crippen LogP contribution in [0.25, 0.3) is 12.2 Å². The molecule has 0 aliphatic heterocycles. The maximum Gasteiger partial charge on any atom is 0.294 e. The standard InChI is InChI=1S/C16H16OS.C7H8O3S/c1-18(2)16-10-6-4-8-14(16)12-11-13-7-3-5-9-15(13)17;1-6-2-4-7(5-3-6)11(8,9)10/h3-12H,1-2H3;2-5H,1H3,(H,8,9,10)/p+1/b12-11+;. The molecule has 152 valence electrons. The molecular formula is C23H25O4S2+. The molecule has 3 aromatic carbocycles. The fourth-order valence-electron chi connectivity index (χ4n) is 2.51. The SMILES string of the molecule is C[S+](C)c1ccccc1/C=C/c1ccccc1O.Cc1ccc(S(=O)(=O)O)cc1. The fourth-order valence-corrected chi connectivity index (χ4v) is 3.95. The summed E-state index contributed by atoms with van der Waals surface area (Å²) in [5.74, 6) is 0.318. The minimum absolute atomic E-state index is 0.0666. The molecule has 0 atom stereocenters. The van der Waals surface area contributed by atoms with Crippen LogP contribution in [0, 0.1) is 6.92 Å². The molecule has 0 heterocycles. The molecule has 0 saturated carbocycles.